The molecule has 0 saturated heterocycles. The van der Waals surface area contributed by atoms with Crippen molar-refractivity contribution in [1.82, 2.24) is 14.8 Å². The summed E-state index contributed by atoms with van der Waals surface area (Å²) in [4.78, 5) is 16.4. The monoisotopic (exact) mass is 360 g/mol. The first-order valence-electron chi connectivity index (χ1n) is 7.23. The number of aryl methyl sites for hydroxylation is 1. The van der Waals surface area contributed by atoms with Gasteiger partial charge in [-0.05, 0) is 36.2 Å². The fourth-order valence-corrected chi connectivity index (χ4v) is 2.57. The van der Waals surface area contributed by atoms with E-state index in [9.17, 15) is 4.79 Å². The van der Waals surface area contributed by atoms with Gasteiger partial charge in [0.25, 0.3) is 5.91 Å². The molecule has 1 amide bonds. The van der Waals surface area contributed by atoms with Crippen LogP contribution < -0.4 is 5.32 Å². The SMILES string of the molecule is Cc1ccccc1C(=O)Nc1ncn(Cc2ccc(Cl)c(Cl)c2)n1. The van der Waals surface area contributed by atoms with E-state index in [4.69, 9.17) is 23.2 Å². The highest BCUT2D eigenvalue weighted by Crippen LogP contribution is 2.23. The fourth-order valence-electron chi connectivity index (χ4n) is 2.25. The van der Waals surface area contributed by atoms with Gasteiger partial charge >= 0.3 is 0 Å². The first-order valence-corrected chi connectivity index (χ1v) is 7.99. The molecule has 3 aromatic rings. The highest BCUT2D eigenvalue weighted by Gasteiger charge is 2.11. The molecule has 0 bridgehead atoms. The molecular weight excluding hydrogens is 347 g/mol. The maximum Gasteiger partial charge on any atom is 0.258 e. The topological polar surface area (TPSA) is 59.8 Å². The van der Waals surface area contributed by atoms with Crippen molar-refractivity contribution in [3.05, 3.63) is 75.5 Å². The number of benzene rings is 2. The summed E-state index contributed by atoms with van der Waals surface area (Å²) in [7, 11) is 0. The second kappa shape index (κ2) is 7.03. The lowest BCUT2D eigenvalue weighted by atomic mass is 10.1. The van der Waals surface area contributed by atoms with Crippen LogP contribution in [0.5, 0.6) is 0 Å². The van der Waals surface area contributed by atoms with Crippen LogP contribution >= 0.6 is 23.2 Å². The van der Waals surface area contributed by atoms with Crippen LogP contribution in [-0.2, 0) is 6.54 Å². The summed E-state index contributed by atoms with van der Waals surface area (Å²) in [6.07, 6.45) is 1.55. The van der Waals surface area contributed by atoms with Crippen molar-refractivity contribution in [1.29, 1.82) is 0 Å². The maximum atomic E-state index is 12.3. The zero-order valence-corrected chi connectivity index (χ0v) is 14.3. The molecule has 0 aliphatic rings. The van der Waals surface area contributed by atoms with E-state index in [0.717, 1.165) is 11.1 Å². The van der Waals surface area contributed by atoms with Crippen molar-refractivity contribution in [2.24, 2.45) is 0 Å². The number of amides is 1. The third-order valence-electron chi connectivity index (χ3n) is 3.48. The van der Waals surface area contributed by atoms with Crippen LogP contribution in [-0.4, -0.2) is 20.7 Å². The maximum absolute atomic E-state index is 12.3. The van der Waals surface area contributed by atoms with E-state index in [1.807, 2.05) is 31.2 Å². The summed E-state index contributed by atoms with van der Waals surface area (Å²) in [6.45, 7) is 2.36. The van der Waals surface area contributed by atoms with E-state index < -0.39 is 0 Å². The van der Waals surface area contributed by atoms with Crippen LogP contribution in [0.25, 0.3) is 0 Å². The predicted octanol–water partition coefficient (Wildman–Crippen LogP) is 4.19. The first-order chi connectivity index (χ1) is 11.5. The van der Waals surface area contributed by atoms with Gasteiger partial charge < -0.3 is 0 Å². The highest BCUT2D eigenvalue weighted by molar-refractivity contribution is 6.42. The number of nitrogens with one attached hydrogen (secondary N) is 1. The molecule has 7 heteroatoms. The fraction of sp³-hybridized carbons (Fsp3) is 0.118. The lowest BCUT2D eigenvalue weighted by Crippen LogP contribution is -2.14. The average Bonchev–Trinajstić information content (AvgIpc) is 2.98. The zero-order chi connectivity index (χ0) is 17.1. The van der Waals surface area contributed by atoms with E-state index >= 15 is 0 Å². The van der Waals surface area contributed by atoms with Crippen molar-refractivity contribution < 1.29 is 4.79 Å². The third kappa shape index (κ3) is 3.75. The molecule has 0 fully saturated rings. The van der Waals surface area contributed by atoms with Crippen LogP contribution in [0.3, 0.4) is 0 Å². The highest BCUT2D eigenvalue weighted by atomic mass is 35.5. The molecule has 122 valence electrons. The number of halogens is 2. The molecule has 0 aliphatic carbocycles. The van der Waals surface area contributed by atoms with Gasteiger partial charge in [0.1, 0.15) is 6.33 Å². The van der Waals surface area contributed by atoms with Crippen LogP contribution in [0.4, 0.5) is 5.95 Å². The Morgan fingerprint density at radius 1 is 1.17 bits per heavy atom. The second-order valence-electron chi connectivity index (χ2n) is 5.28. The zero-order valence-electron chi connectivity index (χ0n) is 12.8. The minimum Gasteiger partial charge on any atom is -0.289 e. The Kier molecular flexibility index (Phi) is 4.83. The molecular formula is C17H14Cl2N4O. The molecule has 0 unspecified atom stereocenters. The van der Waals surface area contributed by atoms with Crippen LogP contribution in [0.1, 0.15) is 21.5 Å². The number of hydrogen-bond donors (Lipinski definition) is 1. The smallest absolute Gasteiger partial charge is 0.258 e. The quantitative estimate of drug-likeness (QED) is 0.758. The van der Waals surface area contributed by atoms with E-state index in [-0.39, 0.29) is 11.9 Å². The Balaban J connectivity index is 1.70. The molecule has 0 radical (unpaired) electrons. The van der Waals surface area contributed by atoms with Gasteiger partial charge in [0, 0.05) is 5.56 Å². The van der Waals surface area contributed by atoms with Crippen molar-refractivity contribution in [2.45, 2.75) is 13.5 Å². The van der Waals surface area contributed by atoms with Gasteiger partial charge in [0.05, 0.1) is 16.6 Å². The summed E-state index contributed by atoms with van der Waals surface area (Å²) < 4.78 is 1.62. The number of hydrogen-bond acceptors (Lipinski definition) is 3. The second-order valence-corrected chi connectivity index (χ2v) is 6.10. The van der Waals surface area contributed by atoms with Gasteiger partial charge in [0.15, 0.2) is 0 Å². The van der Waals surface area contributed by atoms with E-state index in [1.54, 1.807) is 29.2 Å². The number of carbonyl (C=O) groups is 1. The molecule has 0 saturated carbocycles. The minimum atomic E-state index is -0.236. The van der Waals surface area contributed by atoms with Crippen molar-refractivity contribution in [2.75, 3.05) is 5.32 Å². The summed E-state index contributed by atoms with van der Waals surface area (Å²) in [5.74, 6) is 0.0173. The summed E-state index contributed by atoms with van der Waals surface area (Å²) in [5, 5.41) is 7.94. The Bertz CT molecular complexity index is 892. The Labute approximate surface area is 149 Å². The molecule has 0 aliphatic heterocycles. The first kappa shape index (κ1) is 16.5. The van der Waals surface area contributed by atoms with E-state index in [2.05, 4.69) is 15.4 Å². The molecule has 2 aromatic carbocycles. The van der Waals surface area contributed by atoms with Crippen molar-refractivity contribution >= 4 is 35.1 Å². The van der Waals surface area contributed by atoms with Gasteiger partial charge in [0.2, 0.25) is 5.95 Å². The van der Waals surface area contributed by atoms with Crippen LogP contribution in [0.2, 0.25) is 10.0 Å². The molecule has 24 heavy (non-hydrogen) atoms. The summed E-state index contributed by atoms with van der Waals surface area (Å²) in [5.41, 5.74) is 2.43. The number of aromatic nitrogens is 3. The molecule has 1 N–H and O–H groups in total. The lowest BCUT2D eigenvalue weighted by molar-refractivity contribution is 0.102. The number of anilines is 1. The lowest BCUT2D eigenvalue weighted by Gasteiger charge is -2.04. The van der Waals surface area contributed by atoms with E-state index in [1.165, 1.54) is 0 Å². The van der Waals surface area contributed by atoms with Gasteiger partial charge in [-0.25, -0.2) is 9.67 Å². The summed E-state index contributed by atoms with van der Waals surface area (Å²) in [6, 6.07) is 12.7. The minimum absolute atomic E-state index is 0.236. The number of nitrogens with zero attached hydrogens (tertiary/aromatic N) is 3. The Morgan fingerprint density at radius 3 is 2.71 bits per heavy atom. The normalized spacial score (nSPS) is 10.6. The molecule has 1 heterocycles. The molecule has 0 spiro atoms. The van der Waals surface area contributed by atoms with Gasteiger partial charge in [-0.2, -0.15) is 0 Å². The van der Waals surface area contributed by atoms with Gasteiger partial charge in [-0.15, -0.1) is 5.10 Å². The Morgan fingerprint density at radius 2 is 1.96 bits per heavy atom. The van der Waals surface area contributed by atoms with Crippen molar-refractivity contribution in [3.63, 3.8) is 0 Å². The number of carbonyl (C=O) groups excluding carboxylic acids is 1. The third-order valence-corrected chi connectivity index (χ3v) is 4.22. The summed E-state index contributed by atoms with van der Waals surface area (Å²) >= 11 is 11.9. The Hall–Kier alpha value is -2.37. The van der Waals surface area contributed by atoms with Crippen LogP contribution in [0.15, 0.2) is 48.8 Å². The molecule has 5 nitrogen and oxygen atoms in total. The average molecular weight is 361 g/mol. The molecule has 0 atom stereocenters. The van der Waals surface area contributed by atoms with Gasteiger partial charge in [-0.3, -0.25) is 10.1 Å². The van der Waals surface area contributed by atoms with E-state index in [0.29, 0.717) is 22.2 Å². The molecule has 3 rings (SSSR count). The van der Waals surface area contributed by atoms with Gasteiger partial charge in [-0.1, -0.05) is 47.5 Å². The largest absolute Gasteiger partial charge is 0.289 e. The molecule has 1 aromatic heterocycles. The van der Waals surface area contributed by atoms with Crippen LogP contribution in [0, 0.1) is 6.92 Å². The predicted molar refractivity (Wildman–Crippen MR) is 94.7 cm³/mol. The van der Waals surface area contributed by atoms with Crippen molar-refractivity contribution in [3.8, 4) is 0 Å². The number of rotatable bonds is 4. The standard InChI is InChI=1S/C17H14Cl2N4O/c1-11-4-2-3-5-13(11)16(24)21-17-20-10-23(22-17)9-12-6-7-14(18)15(19)8-12/h2-8,10H,9H2,1H3,(H,21,22,24).